The topological polar surface area (TPSA) is 0 Å². The van der Waals surface area contributed by atoms with E-state index in [1.165, 1.54) is 0 Å². The largest absolute Gasteiger partial charge is 0.158 e. The first kappa shape index (κ1) is 13.9. The quantitative estimate of drug-likeness (QED) is 0.382. The Morgan fingerprint density at radius 3 is 1.92 bits per heavy atom. The molecule has 0 radical (unpaired) electrons. The molecule has 2 unspecified atom stereocenters. The summed E-state index contributed by atoms with van der Waals surface area (Å²) in [6.07, 6.45) is 1.46. The third-order valence-electron chi connectivity index (χ3n) is 1.98. The molecule has 1 saturated carbocycles. The van der Waals surface area contributed by atoms with Crippen LogP contribution in [0.15, 0.2) is 0 Å². The van der Waals surface area contributed by atoms with E-state index in [1.807, 2.05) is 0 Å². The van der Waals surface area contributed by atoms with Gasteiger partial charge in [-0.2, -0.15) is 0 Å². The molecule has 7 heteroatoms. The lowest BCUT2D eigenvalue weighted by atomic mass is 9.98. The van der Waals surface area contributed by atoms with Gasteiger partial charge in [0.2, 0.25) is 0 Å². The van der Waals surface area contributed by atoms with E-state index in [0.717, 1.165) is 6.42 Å². The van der Waals surface area contributed by atoms with Crippen LogP contribution in [-0.4, -0.2) is 16.2 Å². The van der Waals surface area contributed by atoms with Crippen molar-refractivity contribution in [3.63, 3.8) is 0 Å². The van der Waals surface area contributed by atoms with Crippen molar-refractivity contribution in [1.82, 2.24) is 0 Å². The smallest absolute Gasteiger partial charge is 0.101 e. The van der Waals surface area contributed by atoms with Gasteiger partial charge in [0, 0.05) is 4.83 Å². The van der Waals surface area contributed by atoms with Gasteiger partial charge in [-0.15, -0.1) is 11.6 Å². The zero-order chi connectivity index (χ0) is 10.5. The molecule has 1 aliphatic carbocycles. The number of hydrogen-bond acceptors (Lipinski definition) is 0. The van der Waals surface area contributed by atoms with Gasteiger partial charge in [0.15, 0.2) is 3.78 Å². The number of alkyl halides is 7. The molecule has 0 saturated heterocycles. The van der Waals surface area contributed by atoms with Crippen LogP contribution in [0.2, 0.25) is 0 Å². The van der Waals surface area contributed by atoms with Crippen molar-refractivity contribution >= 4 is 98.5 Å². The van der Waals surface area contributed by atoms with Gasteiger partial charge in [0.05, 0.1) is 0 Å². The molecular formula is C6H5Br4Cl3. The monoisotopic (exact) mass is 498 g/mol. The first-order valence-electron chi connectivity index (χ1n) is 3.40. The van der Waals surface area contributed by atoms with Gasteiger partial charge in [0.1, 0.15) is 7.57 Å². The van der Waals surface area contributed by atoms with Gasteiger partial charge in [-0.1, -0.05) is 86.9 Å². The van der Waals surface area contributed by atoms with Crippen molar-refractivity contribution in [1.29, 1.82) is 0 Å². The second-order valence-corrected chi connectivity index (χ2v) is 11.3. The molecule has 78 valence electrons. The van der Waals surface area contributed by atoms with Crippen molar-refractivity contribution < 1.29 is 0 Å². The zero-order valence-corrected chi connectivity index (χ0v) is 14.7. The van der Waals surface area contributed by atoms with Gasteiger partial charge >= 0.3 is 0 Å². The highest BCUT2D eigenvalue weighted by atomic mass is 79.9. The van der Waals surface area contributed by atoms with Crippen LogP contribution < -0.4 is 0 Å². The lowest BCUT2D eigenvalue weighted by Gasteiger charge is -2.48. The molecule has 0 aromatic rings. The summed E-state index contributed by atoms with van der Waals surface area (Å²) >= 11 is 32.3. The summed E-state index contributed by atoms with van der Waals surface area (Å²) in [5.74, 6) is 0. The Balaban J connectivity index is 3.07. The molecule has 0 amide bonds. The molecule has 0 bridgehead atoms. The highest BCUT2D eigenvalue weighted by Crippen LogP contribution is 2.64. The van der Waals surface area contributed by atoms with Gasteiger partial charge in [0.25, 0.3) is 0 Å². The Bertz CT molecular complexity index is 216. The second-order valence-electron chi connectivity index (χ2n) is 2.91. The molecule has 0 aromatic heterocycles. The van der Waals surface area contributed by atoms with Gasteiger partial charge < -0.3 is 0 Å². The molecule has 0 nitrogen and oxygen atoms in total. The second kappa shape index (κ2) is 4.23. The molecule has 1 rings (SSSR count). The Morgan fingerprint density at radius 2 is 1.54 bits per heavy atom. The Hall–Kier alpha value is 2.79. The first-order chi connectivity index (χ1) is 5.63. The van der Waals surface area contributed by atoms with E-state index < -0.39 is 11.4 Å². The van der Waals surface area contributed by atoms with Crippen LogP contribution in [0.4, 0.5) is 0 Å². The molecule has 0 aliphatic heterocycles. The average Bonchev–Trinajstić information content (AvgIpc) is 1.97. The fourth-order valence-electron chi connectivity index (χ4n) is 1.09. The average molecular weight is 503 g/mol. The highest BCUT2D eigenvalue weighted by molar-refractivity contribution is 9.27. The van der Waals surface area contributed by atoms with Crippen LogP contribution in [0, 0.1) is 0 Å². The Labute approximate surface area is 126 Å². The number of rotatable bonds is 0. The minimum Gasteiger partial charge on any atom is -0.101 e. The summed E-state index contributed by atoms with van der Waals surface area (Å²) in [5, 5.41) is 0. The van der Waals surface area contributed by atoms with Gasteiger partial charge in [-0.3, -0.25) is 0 Å². The third kappa shape index (κ3) is 2.25. The molecular weight excluding hydrogens is 498 g/mol. The molecule has 2 atom stereocenters. The third-order valence-corrected chi connectivity index (χ3v) is 11.7. The minimum absolute atomic E-state index is 0.155. The van der Waals surface area contributed by atoms with Gasteiger partial charge in [-0.25, -0.2) is 0 Å². The maximum atomic E-state index is 6.28. The lowest BCUT2D eigenvalue weighted by molar-refractivity contribution is 0.479. The van der Waals surface area contributed by atoms with Crippen LogP contribution >= 0.6 is 98.5 Å². The normalized spacial score (nSPS) is 43.2. The molecule has 1 aliphatic rings. The maximum absolute atomic E-state index is 6.28. The summed E-state index contributed by atoms with van der Waals surface area (Å²) in [6, 6.07) is 0. The van der Waals surface area contributed by atoms with E-state index in [2.05, 4.69) is 63.7 Å². The fraction of sp³-hybridized carbons (Fsp3) is 1.00. The van der Waals surface area contributed by atoms with E-state index in [0.29, 0.717) is 6.42 Å². The minimum atomic E-state index is -1.01. The van der Waals surface area contributed by atoms with E-state index in [1.54, 1.807) is 0 Å². The van der Waals surface area contributed by atoms with Crippen molar-refractivity contribution in [3.05, 3.63) is 0 Å². The van der Waals surface area contributed by atoms with Crippen LogP contribution in [0.3, 0.4) is 0 Å². The van der Waals surface area contributed by atoms with E-state index >= 15 is 0 Å². The van der Waals surface area contributed by atoms with E-state index in [-0.39, 0.29) is 4.83 Å². The Morgan fingerprint density at radius 1 is 1.08 bits per heavy atom. The fourth-order valence-corrected chi connectivity index (χ4v) is 4.91. The van der Waals surface area contributed by atoms with Crippen LogP contribution in [0.5, 0.6) is 0 Å². The van der Waals surface area contributed by atoms with Crippen molar-refractivity contribution in [2.75, 3.05) is 0 Å². The summed E-state index contributed by atoms with van der Waals surface area (Å²) in [4.78, 5) is 0.155. The number of halogens is 7. The summed E-state index contributed by atoms with van der Waals surface area (Å²) in [5.41, 5.74) is 0. The zero-order valence-electron chi connectivity index (χ0n) is 6.14. The van der Waals surface area contributed by atoms with Crippen molar-refractivity contribution in [3.8, 4) is 0 Å². The van der Waals surface area contributed by atoms with Crippen molar-refractivity contribution in [2.24, 2.45) is 0 Å². The standard InChI is InChI=1S/C6H5Br4Cl3/c7-3-1-2-4(11,12)6(10,13)5(3,8)9/h3H,1-2H2. The number of hydrogen-bond donors (Lipinski definition) is 0. The molecule has 0 spiro atoms. The van der Waals surface area contributed by atoms with Gasteiger partial charge in [-0.05, 0) is 12.8 Å². The molecule has 0 N–H and O–H groups in total. The molecule has 0 aromatic carbocycles. The van der Waals surface area contributed by atoms with E-state index in [4.69, 9.17) is 34.8 Å². The Kier molecular flexibility index (Phi) is 4.51. The molecule has 1 fully saturated rings. The summed E-state index contributed by atoms with van der Waals surface area (Å²) in [7, 11) is 0. The SMILES string of the molecule is ClC1(Cl)CCC(Br)C(Br)(Br)C1(Cl)Br. The van der Waals surface area contributed by atoms with E-state index in [9.17, 15) is 0 Å². The van der Waals surface area contributed by atoms with Crippen molar-refractivity contribution in [2.45, 2.75) is 29.0 Å². The lowest BCUT2D eigenvalue weighted by Crippen LogP contribution is -2.56. The van der Waals surface area contributed by atoms with Crippen LogP contribution in [-0.2, 0) is 0 Å². The summed E-state index contributed by atoms with van der Waals surface area (Å²) in [6.45, 7) is 0. The van der Waals surface area contributed by atoms with Crippen LogP contribution in [0.1, 0.15) is 12.8 Å². The maximum Gasteiger partial charge on any atom is 0.158 e. The molecule has 13 heavy (non-hydrogen) atoms. The predicted molar refractivity (Wildman–Crippen MR) is 74.5 cm³/mol. The molecule has 0 heterocycles. The summed E-state index contributed by atoms with van der Waals surface area (Å²) < 4.78 is -2.54. The van der Waals surface area contributed by atoms with Crippen LogP contribution in [0.25, 0.3) is 0 Å². The predicted octanol–water partition coefficient (Wildman–Crippen LogP) is 5.53. The highest BCUT2D eigenvalue weighted by Gasteiger charge is 2.64. The first-order valence-corrected chi connectivity index (χ1v) is 7.83.